The van der Waals surface area contributed by atoms with Crippen molar-refractivity contribution >= 4 is 21.6 Å². The van der Waals surface area contributed by atoms with Crippen molar-refractivity contribution in [2.45, 2.75) is 57.9 Å². The van der Waals surface area contributed by atoms with E-state index in [1.165, 1.54) is 29.8 Å². The Morgan fingerprint density at radius 1 is 1.17 bits per heavy atom. The van der Waals surface area contributed by atoms with Gasteiger partial charge in [0.2, 0.25) is 15.9 Å². The number of anilines is 1. The third-order valence-corrected chi connectivity index (χ3v) is 5.65. The summed E-state index contributed by atoms with van der Waals surface area (Å²) >= 11 is 0. The van der Waals surface area contributed by atoms with Crippen LogP contribution in [0.5, 0.6) is 0 Å². The SMILES string of the molecule is Cc1ccc(N(CCCC(=O)NC2CCCCC2)S(C)(=O)=O)cc1. The number of benzene rings is 1. The number of aryl methyl sites for hydroxylation is 1. The average molecular weight is 353 g/mol. The van der Waals surface area contributed by atoms with Crippen LogP contribution in [-0.2, 0) is 14.8 Å². The number of rotatable bonds is 7. The lowest BCUT2D eigenvalue weighted by Gasteiger charge is -2.24. The van der Waals surface area contributed by atoms with Crippen LogP contribution in [0.25, 0.3) is 0 Å². The number of carbonyl (C=O) groups excluding carboxylic acids is 1. The van der Waals surface area contributed by atoms with E-state index in [1.54, 1.807) is 12.1 Å². The van der Waals surface area contributed by atoms with E-state index in [0.29, 0.717) is 31.1 Å². The summed E-state index contributed by atoms with van der Waals surface area (Å²) in [6, 6.07) is 7.69. The monoisotopic (exact) mass is 352 g/mol. The van der Waals surface area contributed by atoms with Crippen molar-refractivity contribution in [1.29, 1.82) is 0 Å². The van der Waals surface area contributed by atoms with Gasteiger partial charge in [0.1, 0.15) is 0 Å². The number of nitrogens with zero attached hydrogens (tertiary/aromatic N) is 1. The first-order chi connectivity index (χ1) is 11.4. The molecule has 0 aliphatic heterocycles. The van der Waals surface area contributed by atoms with Gasteiger partial charge in [-0.05, 0) is 38.3 Å². The fourth-order valence-electron chi connectivity index (χ4n) is 3.13. The van der Waals surface area contributed by atoms with Crippen LogP contribution in [0.3, 0.4) is 0 Å². The molecule has 0 radical (unpaired) electrons. The fourth-order valence-corrected chi connectivity index (χ4v) is 4.09. The van der Waals surface area contributed by atoms with Crippen molar-refractivity contribution in [3.8, 4) is 0 Å². The Labute approximate surface area is 145 Å². The number of nitrogens with one attached hydrogen (secondary N) is 1. The van der Waals surface area contributed by atoms with Crippen LogP contribution >= 0.6 is 0 Å². The molecule has 0 spiro atoms. The predicted molar refractivity (Wildman–Crippen MR) is 97.6 cm³/mol. The van der Waals surface area contributed by atoms with Crippen LogP contribution in [0.2, 0.25) is 0 Å². The zero-order valence-corrected chi connectivity index (χ0v) is 15.4. The lowest BCUT2D eigenvalue weighted by Crippen LogP contribution is -2.37. The molecule has 1 aliphatic rings. The van der Waals surface area contributed by atoms with Crippen LogP contribution in [0.15, 0.2) is 24.3 Å². The third-order valence-electron chi connectivity index (χ3n) is 4.46. The molecular weight excluding hydrogens is 324 g/mol. The highest BCUT2D eigenvalue weighted by atomic mass is 32.2. The molecule has 6 heteroatoms. The van der Waals surface area contributed by atoms with Gasteiger partial charge in [-0.15, -0.1) is 0 Å². The maximum atomic E-state index is 12.0. The Hall–Kier alpha value is -1.56. The van der Waals surface area contributed by atoms with Gasteiger partial charge < -0.3 is 5.32 Å². The van der Waals surface area contributed by atoms with E-state index in [9.17, 15) is 13.2 Å². The number of hydrogen-bond donors (Lipinski definition) is 1. The third kappa shape index (κ3) is 5.82. The number of sulfonamides is 1. The largest absolute Gasteiger partial charge is 0.353 e. The number of amides is 1. The molecule has 1 aromatic rings. The van der Waals surface area contributed by atoms with Gasteiger partial charge in [0, 0.05) is 19.0 Å². The number of carbonyl (C=O) groups is 1. The molecule has 134 valence electrons. The van der Waals surface area contributed by atoms with E-state index in [4.69, 9.17) is 0 Å². The van der Waals surface area contributed by atoms with Gasteiger partial charge >= 0.3 is 0 Å². The molecule has 1 N–H and O–H groups in total. The van der Waals surface area contributed by atoms with Crippen LogP contribution in [0.4, 0.5) is 5.69 Å². The van der Waals surface area contributed by atoms with E-state index in [2.05, 4.69) is 5.32 Å². The molecule has 1 saturated carbocycles. The van der Waals surface area contributed by atoms with Gasteiger partial charge in [-0.2, -0.15) is 0 Å². The molecule has 1 fully saturated rings. The molecule has 0 saturated heterocycles. The van der Waals surface area contributed by atoms with Crippen molar-refractivity contribution in [3.63, 3.8) is 0 Å². The summed E-state index contributed by atoms with van der Waals surface area (Å²) < 4.78 is 25.4. The minimum absolute atomic E-state index is 0.0271. The lowest BCUT2D eigenvalue weighted by atomic mass is 9.95. The maximum absolute atomic E-state index is 12.0. The molecular formula is C18H28N2O3S. The summed E-state index contributed by atoms with van der Waals surface area (Å²) in [5, 5.41) is 3.07. The van der Waals surface area contributed by atoms with Gasteiger partial charge in [-0.1, -0.05) is 37.0 Å². The summed E-state index contributed by atoms with van der Waals surface area (Å²) in [4.78, 5) is 12.0. The minimum Gasteiger partial charge on any atom is -0.353 e. The molecule has 1 aliphatic carbocycles. The molecule has 1 amide bonds. The average Bonchev–Trinajstić information content (AvgIpc) is 2.52. The second kappa shape index (κ2) is 8.51. The minimum atomic E-state index is -3.35. The molecule has 0 atom stereocenters. The van der Waals surface area contributed by atoms with Crippen LogP contribution in [0, 0.1) is 6.92 Å². The summed E-state index contributed by atoms with van der Waals surface area (Å²) in [6.07, 6.45) is 7.81. The Morgan fingerprint density at radius 2 is 1.79 bits per heavy atom. The second-order valence-corrected chi connectivity index (χ2v) is 8.58. The first-order valence-electron chi connectivity index (χ1n) is 8.70. The van der Waals surface area contributed by atoms with Gasteiger partial charge in [-0.25, -0.2) is 8.42 Å². The fraction of sp³-hybridized carbons (Fsp3) is 0.611. The first kappa shape index (κ1) is 18.8. The van der Waals surface area contributed by atoms with E-state index in [1.807, 2.05) is 19.1 Å². The quantitative estimate of drug-likeness (QED) is 0.820. The summed E-state index contributed by atoms with van der Waals surface area (Å²) in [6.45, 7) is 2.28. The zero-order chi connectivity index (χ0) is 17.6. The normalized spacial score (nSPS) is 15.9. The smallest absolute Gasteiger partial charge is 0.232 e. The van der Waals surface area contributed by atoms with Crippen molar-refractivity contribution in [2.75, 3.05) is 17.1 Å². The molecule has 0 aromatic heterocycles. The number of hydrogen-bond acceptors (Lipinski definition) is 3. The van der Waals surface area contributed by atoms with Gasteiger partial charge in [0.15, 0.2) is 0 Å². The topological polar surface area (TPSA) is 66.5 Å². The molecule has 0 bridgehead atoms. The summed E-state index contributed by atoms with van der Waals surface area (Å²) in [7, 11) is -3.35. The Balaban J connectivity index is 1.86. The molecule has 0 heterocycles. The molecule has 1 aromatic carbocycles. The first-order valence-corrected chi connectivity index (χ1v) is 10.5. The van der Waals surface area contributed by atoms with Crippen LogP contribution < -0.4 is 9.62 Å². The standard InChI is InChI=1S/C18H28N2O3S/c1-15-10-12-17(13-11-15)20(24(2,22)23)14-6-9-18(21)19-16-7-4-3-5-8-16/h10-13,16H,3-9,14H2,1-2H3,(H,19,21). The van der Waals surface area contributed by atoms with Crippen molar-refractivity contribution in [2.24, 2.45) is 0 Å². The highest BCUT2D eigenvalue weighted by Crippen LogP contribution is 2.20. The molecule has 2 rings (SSSR count). The second-order valence-electron chi connectivity index (χ2n) is 6.68. The highest BCUT2D eigenvalue weighted by Gasteiger charge is 2.19. The van der Waals surface area contributed by atoms with Crippen molar-refractivity contribution < 1.29 is 13.2 Å². The summed E-state index contributed by atoms with van der Waals surface area (Å²) in [5.41, 5.74) is 1.73. The predicted octanol–water partition coefficient (Wildman–Crippen LogP) is 2.99. The van der Waals surface area contributed by atoms with Gasteiger partial charge in [0.25, 0.3) is 0 Å². The Morgan fingerprint density at radius 3 is 2.38 bits per heavy atom. The van der Waals surface area contributed by atoms with Crippen LogP contribution in [-0.4, -0.2) is 33.2 Å². The summed E-state index contributed by atoms with van der Waals surface area (Å²) in [5.74, 6) is 0.0271. The maximum Gasteiger partial charge on any atom is 0.232 e. The Kier molecular flexibility index (Phi) is 6.66. The Bertz CT molecular complexity index is 635. The van der Waals surface area contributed by atoms with Gasteiger partial charge in [-0.3, -0.25) is 9.10 Å². The van der Waals surface area contributed by atoms with Gasteiger partial charge in [0.05, 0.1) is 11.9 Å². The van der Waals surface area contributed by atoms with E-state index in [-0.39, 0.29) is 5.91 Å². The molecule has 24 heavy (non-hydrogen) atoms. The zero-order valence-electron chi connectivity index (χ0n) is 14.6. The van der Waals surface area contributed by atoms with E-state index < -0.39 is 10.0 Å². The molecule has 0 unspecified atom stereocenters. The van der Waals surface area contributed by atoms with Crippen LogP contribution in [0.1, 0.15) is 50.5 Å². The van der Waals surface area contributed by atoms with Crippen molar-refractivity contribution in [3.05, 3.63) is 29.8 Å². The van der Waals surface area contributed by atoms with E-state index >= 15 is 0 Å². The van der Waals surface area contributed by atoms with E-state index in [0.717, 1.165) is 18.4 Å². The van der Waals surface area contributed by atoms with Crippen molar-refractivity contribution in [1.82, 2.24) is 5.32 Å². The molecule has 5 nitrogen and oxygen atoms in total. The highest BCUT2D eigenvalue weighted by molar-refractivity contribution is 7.92. The lowest BCUT2D eigenvalue weighted by molar-refractivity contribution is -0.122.